The number of piperidine rings is 1. The summed E-state index contributed by atoms with van der Waals surface area (Å²) in [6.45, 7) is 0.622. The van der Waals surface area contributed by atoms with Crippen LogP contribution in [-0.2, 0) is 4.79 Å². The standard InChI is InChI=1S/C16H18N4O5/c1-24-12-6-4-11(5-7-12)20-13(16(23)25-18-20)15(22)19-8-2-3-10(9-19)14(17)21/h4-7,10H,2-3,8-9H2,1H3,(H2-,17,18,21,22,23). The Hall–Kier alpha value is -3.10. The van der Waals surface area contributed by atoms with Gasteiger partial charge in [-0.05, 0) is 29.7 Å². The second-order valence-corrected chi connectivity index (χ2v) is 5.81. The Balaban J connectivity index is 1.90. The molecule has 2 aromatic rings. The summed E-state index contributed by atoms with van der Waals surface area (Å²) < 4.78 is 10.9. The molecule has 2 amide bonds. The predicted octanol–water partition coefficient (Wildman–Crippen LogP) is -0.629. The fourth-order valence-electron chi connectivity index (χ4n) is 2.87. The normalized spacial score (nSPS) is 17.3. The quantitative estimate of drug-likeness (QED) is 0.735. The zero-order valence-electron chi connectivity index (χ0n) is 13.7. The van der Waals surface area contributed by atoms with Crippen molar-refractivity contribution in [1.82, 2.24) is 10.2 Å². The largest absolute Gasteiger partial charge is 0.538 e. The number of nitrogens with two attached hydrogens (primary N) is 1. The summed E-state index contributed by atoms with van der Waals surface area (Å²) in [6.07, 6.45) is 1.27. The maximum atomic E-state index is 12.8. The number of nitrogens with zero attached hydrogens (tertiary/aromatic N) is 3. The molecule has 1 atom stereocenters. The van der Waals surface area contributed by atoms with Crippen molar-refractivity contribution >= 4 is 11.8 Å². The van der Waals surface area contributed by atoms with Crippen LogP contribution in [0.2, 0.25) is 0 Å². The summed E-state index contributed by atoms with van der Waals surface area (Å²) in [5, 5.41) is 15.7. The fourth-order valence-corrected chi connectivity index (χ4v) is 2.87. The Bertz CT molecular complexity index is 786. The first kappa shape index (κ1) is 16.7. The monoisotopic (exact) mass is 346 g/mol. The molecular weight excluding hydrogens is 328 g/mol. The molecule has 0 spiro atoms. The maximum Gasteiger partial charge on any atom is 0.327 e. The number of aromatic nitrogens is 2. The zero-order valence-corrected chi connectivity index (χ0v) is 13.7. The molecule has 1 aliphatic heterocycles. The van der Waals surface area contributed by atoms with Crippen molar-refractivity contribution in [1.29, 1.82) is 0 Å². The van der Waals surface area contributed by atoms with Gasteiger partial charge < -0.3 is 25.0 Å². The lowest BCUT2D eigenvalue weighted by Gasteiger charge is -2.30. The SMILES string of the molecule is COc1ccc(-[n+]2noc([O-])c2C(=O)N2CCCC(C(N)=O)C2)cc1. The van der Waals surface area contributed by atoms with Crippen LogP contribution < -0.4 is 20.3 Å². The van der Waals surface area contributed by atoms with Crippen LogP contribution in [0.4, 0.5) is 0 Å². The molecule has 9 nitrogen and oxygen atoms in total. The van der Waals surface area contributed by atoms with Crippen molar-refractivity contribution < 1.29 is 28.6 Å². The molecule has 0 bridgehead atoms. The molecule has 0 radical (unpaired) electrons. The number of carbonyl (C=O) groups is 2. The van der Waals surface area contributed by atoms with Crippen molar-refractivity contribution in [3.05, 3.63) is 30.0 Å². The van der Waals surface area contributed by atoms with E-state index in [0.29, 0.717) is 30.8 Å². The van der Waals surface area contributed by atoms with Gasteiger partial charge in [-0.15, -0.1) is 0 Å². The van der Waals surface area contributed by atoms with Crippen molar-refractivity contribution in [3.63, 3.8) is 0 Å². The number of rotatable bonds is 4. The topological polar surface area (TPSA) is 126 Å². The summed E-state index contributed by atoms with van der Waals surface area (Å²) in [6, 6.07) is 6.67. The van der Waals surface area contributed by atoms with Crippen molar-refractivity contribution in [2.24, 2.45) is 11.7 Å². The Morgan fingerprint density at radius 2 is 2.12 bits per heavy atom. The molecule has 2 heterocycles. The highest BCUT2D eigenvalue weighted by molar-refractivity contribution is 5.93. The van der Waals surface area contributed by atoms with Crippen LogP contribution in [0.3, 0.4) is 0 Å². The zero-order chi connectivity index (χ0) is 18.0. The van der Waals surface area contributed by atoms with E-state index in [-0.39, 0.29) is 12.2 Å². The summed E-state index contributed by atoms with van der Waals surface area (Å²) in [4.78, 5) is 25.6. The van der Waals surface area contributed by atoms with Gasteiger partial charge in [0.1, 0.15) is 5.75 Å². The van der Waals surface area contributed by atoms with E-state index in [0.717, 1.165) is 4.68 Å². The van der Waals surface area contributed by atoms with E-state index in [9.17, 15) is 14.7 Å². The van der Waals surface area contributed by atoms with E-state index in [1.54, 1.807) is 24.3 Å². The summed E-state index contributed by atoms with van der Waals surface area (Å²) in [5.41, 5.74) is 5.61. The lowest BCUT2D eigenvalue weighted by Crippen LogP contribution is -2.48. The first-order valence-electron chi connectivity index (χ1n) is 7.83. The van der Waals surface area contributed by atoms with Gasteiger partial charge in [0.2, 0.25) is 11.6 Å². The number of ether oxygens (including phenoxy) is 1. The third kappa shape index (κ3) is 3.25. The number of hydrogen-bond acceptors (Lipinski definition) is 6. The predicted molar refractivity (Wildman–Crippen MR) is 81.9 cm³/mol. The number of hydrogen-bond donors (Lipinski definition) is 1. The summed E-state index contributed by atoms with van der Waals surface area (Å²) >= 11 is 0. The number of primary amides is 1. The van der Waals surface area contributed by atoms with Gasteiger partial charge in [0, 0.05) is 25.2 Å². The van der Waals surface area contributed by atoms with E-state index in [1.807, 2.05) is 0 Å². The summed E-state index contributed by atoms with van der Waals surface area (Å²) in [5.74, 6) is -1.60. The molecule has 2 N–H and O–H groups in total. The van der Waals surface area contributed by atoms with Crippen molar-refractivity contribution in [2.75, 3.05) is 20.2 Å². The average Bonchev–Trinajstić information content (AvgIpc) is 3.02. The Morgan fingerprint density at radius 3 is 2.76 bits per heavy atom. The minimum Gasteiger partial charge on any atom is -0.538 e. The lowest BCUT2D eigenvalue weighted by molar-refractivity contribution is -0.672. The number of amides is 2. The van der Waals surface area contributed by atoms with Crippen LogP contribution in [0.15, 0.2) is 28.8 Å². The number of benzene rings is 1. The highest BCUT2D eigenvalue weighted by Crippen LogP contribution is 2.21. The maximum absolute atomic E-state index is 12.8. The number of carbonyl (C=O) groups excluding carboxylic acids is 2. The van der Waals surface area contributed by atoms with Gasteiger partial charge in [-0.2, -0.15) is 0 Å². The first-order valence-corrected chi connectivity index (χ1v) is 7.83. The molecule has 1 aromatic heterocycles. The second kappa shape index (κ2) is 6.80. The van der Waals surface area contributed by atoms with Crippen LogP contribution >= 0.6 is 0 Å². The molecule has 1 aromatic carbocycles. The van der Waals surface area contributed by atoms with Crippen LogP contribution in [0.25, 0.3) is 5.69 Å². The molecule has 1 saturated heterocycles. The second-order valence-electron chi connectivity index (χ2n) is 5.81. The van der Waals surface area contributed by atoms with Gasteiger partial charge in [0.15, 0.2) is 5.95 Å². The fraction of sp³-hybridized carbons (Fsp3) is 0.375. The van der Waals surface area contributed by atoms with Crippen LogP contribution in [-0.4, -0.2) is 42.2 Å². The van der Waals surface area contributed by atoms with Crippen LogP contribution in [0.1, 0.15) is 23.3 Å². The lowest BCUT2D eigenvalue weighted by atomic mass is 9.97. The van der Waals surface area contributed by atoms with E-state index in [4.69, 9.17) is 10.5 Å². The van der Waals surface area contributed by atoms with Crippen molar-refractivity contribution in [3.8, 4) is 17.4 Å². The number of methoxy groups -OCH3 is 1. The Morgan fingerprint density at radius 1 is 1.40 bits per heavy atom. The van der Waals surface area contributed by atoms with Gasteiger partial charge in [0.05, 0.1) is 18.3 Å². The van der Waals surface area contributed by atoms with Gasteiger partial charge in [0.25, 0.3) is 0 Å². The van der Waals surface area contributed by atoms with E-state index in [2.05, 4.69) is 9.79 Å². The molecule has 1 aliphatic rings. The Labute approximate surface area is 143 Å². The molecule has 0 saturated carbocycles. The molecule has 1 unspecified atom stereocenters. The van der Waals surface area contributed by atoms with Gasteiger partial charge in [-0.3, -0.25) is 9.59 Å². The van der Waals surface area contributed by atoms with Gasteiger partial charge in [-0.25, -0.2) is 0 Å². The third-order valence-electron chi connectivity index (χ3n) is 4.24. The average molecular weight is 346 g/mol. The molecule has 132 valence electrons. The van der Waals surface area contributed by atoms with E-state index >= 15 is 0 Å². The third-order valence-corrected chi connectivity index (χ3v) is 4.24. The van der Waals surface area contributed by atoms with Gasteiger partial charge in [-0.1, -0.05) is 0 Å². The highest BCUT2D eigenvalue weighted by atomic mass is 16.6. The van der Waals surface area contributed by atoms with Gasteiger partial charge >= 0.3 is 11.6 Å². The molecule has 3 rings (SSSR count). The summed E-state index contributed by atoms with van der Waals surface area (Å²) in [7, 11) is 1.54. The van der Waals surface area contributed by atoms with E-state index < -0.39 is 23.7 Å². The minimum atomic E-state index is -0.831. The molecule has 1 fully saturated rings. The molecule has 0 aliphatic carbocycles. The first-order chi connectivity index (χ1) is 12.0. The van der Waals surface area contributed by atoms with Crippen molar-refractivity contribution in [2.45, 2.75) is 12.8 Å². The minimum absolute atomic E-state index is 0.182. The number of likely N-dealkylation sites (tertiary alicyclic amines) is 1. The van der Waals surface area contributed by atoms with Crippen LogP contribution in [0.5, 0.6) is 11.7 Å². The highest BCUT2D eigenvalue weighted by Gasteiger charge is 2.35. The van der Waals surface area contributed by atoms with Crippen LogP contribution in [0, 0.1) is 5.92 Å². The Kier molecular flexibility index (Phi) is 4.55. The van der Waals surface area contributed by atoms with E-state index in [1.165, 1.54) is 12.0 Å². The molecule has 25 heavy (non-hydrogen) atoms. The smallest absolute Gasteiger partial charge is 0.327 e. The molecule has 9 heteroatoms. The molecular formula is C16H18N4O5.